The Balaban J connectivity index is 1.80. The second-order valence-corrected chi connectivity index (χ2v) is 4.82. The molecule has 0 unspecified atom stereocenters. The summed E-state index contributed by atoms with van der Waals surface area (Å²) in [7, 11) is 0. The van der Waals surface area contributed by atoms with Gasteiger partial charge >= 0.3 is 0 Å². The largest absolute Gasteiger partial charge is 0.365 e. The van der Waals surface area contributed by atoms with Crippen LogP contribution in [0.5, 0.6) is 0 Å². The van der Waals surface area contributed by atoms with E-state index in [-0.39, 0.29) is 5.91 Å². The number of carbonyl (C=O) groups excluding carboxylic acids is 1. The molecule has 3 nitrogen and oxygen atoms in total. The maximum Gasteiger partial charge on any atom is 0.254 e. The van der Waals surface area contributed by atoms with E-state index in [2.05, 4.69) is 11.1 Å². The number of rotatable bonds is 1. The van der Waals surface area contributed by atoms with Gasteiger partial charge in [0.1, 0.15) is 0 Å². The third-order valence-corrected chi connectivity index (χ3v) is 3.51. The van der Waals surface area contributed by atoms with E-state index in [0.29, 0.717) is 6.54 Å². The lowest BCUT2D eigenvalue weighted by molar-refractivity contribution is 0.0734. The quantitative estimate of drug-likeness (QED) is 0.817. The maximum absolute atomic E-state index is 12.4. The van der Waals surface area contributed by atoms with Crippen molar-refractivity contribution < 1.29 is 4.79 Å². The molecule has 0 atom stereocenters. The molecule has 18 heavy (non-hydrogen) atoms. The number of aromatic amines is 1. The van der Waals surface area contributed by atoms with Crippen LogP contribution in [0.4, 0.5) is 0 Å². The van der Waals surface area contributed by atoms with Crippen LogP contribution in [-0.2, 0) is 13.0 Å². The van der Waals surface area contributed by atoms with Gasteiger partial charge in [-0.3, -0.25) is 4.79 Å². The normalized spacial score (nSPS) is 14.4. The zero-order valence-electron chi connectivity index (χ0n) is 10.4. The number of nitrogens with zero attached hydrogens (tertiary/aromatic N) is 1. The first-order valence-corrected chi connectivity index (χ1v) is 6.25. The highest BCUT2D eigenvalue weighted by atomic mass is 16.2. The molecule has 0 bridgehead atoms. The number of hydrogen-bond donors (Lipinski definition) is 1. The minimum absolute atomic E-state index is 0.127. The average molecular weight is 240 g/mol. The topological polar surface area (TPSA) is 36.1 Å². The zero-order valence-corrected chi connectivity index (χ0v) is 10.4. The molecule has 2 heterocycles. The van der Waals surface area contributed by atoms with Gasteiger partial charge in [-0.2, -0.15) is 0 Å². The van der Waals surface area contributed by atoms with Crippen LogP contribution in [0, 0.1) is 6.92 Å². The van der Waals surface area contributed by atoms with E-state index >= 15 is 0 Å². The van der Waals surface area contributed by atoms with Gasteiger partial charge in [-0.15, -0.1) is 0 Å². The fourth-order valence-corrected chi connectivity index (χ4v) is 2.40. The fraction of sp³-hybridized carbons (Fsp3) is 0.267. The lowest BCUT2D eigenvalue weighted by Gasteiger charge is -2.27. The molecule has 0 radical (unpaired) electrons. The number of hydrogen-bond acceptors (Lipinski definition) is 1. The summed E-state index contributed by atoms with van der Waals surface area (Å²) in [6.07, 6.45) is 2.87. The van der Waals surface area contributed by atoms with E-state index in [4.69, 9.17) is 0 Å². The zero-order chi connectivity index (χ0) is 12.5. The van der Waals surface area contributed by atoms with E-state index in [1.807, 2.05) is 42.3 Å². The van der Waals surface area contributed by atoms with Gasteiger partial charge in [0.25, 0.3) is 5.91 Å². The van der Waals surface area contributed by atoms with Crippen LogP contribution < -0.4 is 0 Å². The molecule has 2 aromatic rings. The predicted molar refractivity (Wildman–Crippen MR) is 70.4 cm³/mol. The van der Waals surface area contributed by atoms with Crippen molar-refractivity contribution in [2.75, 3.05) is 6.54 Å². The minimum Gasteiger partial charge on any atom is -0.365 e. The van der Waals surface area contributed by atoms with Gasteiger partial charge in [0.2, 0.25) is 0 Å². The number of nitrogens with one attached hydrogen (secondary N) is 1. The Bertz CT molecular complexity index is 568. The summed E-state index contributed by atoms with van der Waals surface area (Å²) in [5.41, 5.74) is 4.46. The number of aryl methyl sites for hydroxylation is 1. The van der Waals surface area contributed by atoms with E-state index in [1.165, 1.54) is 16.8 Å². The van der Waals surface area contributed by atoms with Gasteiger partial charge in [-0.25, -0.2) is 0 Å². The summed E-state index contributed by atoms with van der Waals surface area (Å²) < 4.78 is 0. The molecule has 1 N–H and O–H groups in total. The van der Waals surface area contributed by atoms with Crippen molar-refractivity contribution in [2.45, 2.75) is 19.9 Å². The Kier molecular flexibility index (Phi) is 2.67. The molecule has 1 aromatic carbocycles. The predicted octanol–water partition coefficient (Wildman–Crippen LogP) is 2.52. The Morgan fingerprint density at radius 3 is 2.78 bits per heavy atom. The first-order valence-electron chi connectivity index (χ1n) is 6.25. The second-order valence-electron chi connectivity index (χ2n) is 4.82. The van der Waals surface area contributed by atoms with Crippen LogP contribution in [0.15, 0.2) is 36.5 Å². The van der Waals surface area contributed by atoms with Crippen LogP contribution in [0.25, 0.3) is 0 Å². The van der Waals surface area contributed by atoms with Crippen molar-refractivity contribution in [3.05, 3.63) is 58.9 Å². The van der Waals surface area contributed by atoms with Crippen LogP contribution in [0.3, 0.4) is 0 Å². The third-order valence-electron chi connectivity index (χ3n) is 3.51. The smallest absolute Gasteiger partial charge is 0.254 e. The molecular weight excluding hydrogens is 224 g/mol. The molecule has 0 spiro atoms. The second kappa shape index (κ2) is 4.33. The summed E-state index contributed by atoms with van der Waals surface area (Å²) in [5, 5.41) is 0. The van der Waals surface area contributed by atoms with E-state index in [1.54, 1.807) is 0 Å². The van der Waals surface area contributed by atoms with E-state index in [9.17, 15) is 4.79 Å². The van der Waals surface area contributed by atoms with Crippen LogP contribution in [0.1, 0.15) is 27.2 Å². The maximum atomic E-state index is 12.4. The molecule has 1 amide bonds. The molecule has 1 aliphatic rings. The van der Waals surface area contributed by atoms with Gasteiger partial charge in [0.05, 0.1) is 0 Å². The average Bonchev–Trinajstić information content (AvgIpc) is 2.86. The summed E-state index contributed by atoms with van der Waals surface area (Å²) in [4.78, 5) is 17.5. The number of carbonyl (C=O) groups is 1. The summed E-state index contributed by atoms with van der Waals surface area (Å²) in [6, 6.07) is 9.84. The lowest BCUT2D eigenvalue weighted by atomic mass is 10.1. The highest BCUT2D eigenvalue weighted by Crippen LogP contribution is 2.19. The number of H-pyrrole nitrogens is 1. The fourth-order valence-electron chi connectivity index (χ4n) is 2.40. The number of amides is 1. The molecular formula is C15H16N2O. The third kappa shape index (κ3) is 1.92. The van der Waals surface area contributed by atoms with Gasteiger partial charge in [0, 0.05) is 37.0 Å². The molecule has 3 rings (SSSR count). The van der Waals surface area contributed by atoms with Crippen molar-refractivity contribution in [2.24, 2.45) is 0 Å². The first kappa shape index (κ1) is 11.1. The van der Waals surface area contributed by atoms with Gasteiger partial charge < -0.3 is 9.88 Å². The van der Waals surface area contributed by atoms with Gasteiger partial charge in [-0.05, 0) is 30.7 Å². The molecule has 0 fully saturated rings. The number of fused-ring (bicyclic) bond motifs is 1. The summed E-state index contributed by atoms with van der Waals surface area (Å²) in [5.74, 6) is 0.127. The molecule has 1 aliphatic heterocycles. The molecule has 92 valence electrons. The Morgan fingerprint density at radius 1 is 1.22 bits per heavy atom. The monoisotopic (exact) mass is 240 g/mol. The van der Waals surface area contributed by atoms with Crippen molar-refractivity contribution >= 4 is 5.91 Å². The van der Waals surface area contributed by atoms with Gasteiger partial charge in [0.15, 0.2) is 0 Å². The highest BCUT2D eigenvalue weighted by Gasteiger charge is 2.21. The number of benzene rings is 1. The first-order chi connectivity index (χ1) is 8.74. The number of aromatic nitrogens is 1. The SMILES string of the molecule is Cc1ccc(C(=O)N2CCc3[nH]ccc3C2)cc1. The van der Waals surface area contributed by atoms with Crippen molar-refractivity contribution in [1.29, 1.82) is 0 Å². The molecule has 0 saturated heterocycles. The van der Waals surface area contributed by atoms with E-state index < -0.39 is 0 Å². The Morgan fingerprint density at radius 2 is 2.00 bits per heavy atom. The van der Waals surface area contributed by atoms with Crippen molar-refractivity contribution in [3.63, 3.8) is 0 Å². The highest BCUT2D eigenvalue weighted by molar-refractivity contribution is 5.94. The summed E-state index contributed by atoms with van der Waals surface area (Å²) >= 11 is 0. The summed E-state index contributed by atoms with van der Waals surface area (Å²) in [6.45, 7) is 3.53. The van der Waals surface area contributed by atoms with E-state index in [0.717, 1.165) is 18.5 Å². The lowest BCUT2D eigenvalue weighted by Crippen LogP contribution is -2.35. The van der Waals surface area contributed by atoms with Crippen molar-refractivity contribution in [3.8, 4) is 0 Å². The molecule has 3 heteroatoms. The minimum atomic E-state index is 0.127. The Hall–Kier alpha value is -2.03. The van der Waals surface area contributed by atoms with Gasteiger partial charge in [-0.1, -0.05) is 17.7 Å². The van der Waals surface area contributed by atoms with Crippen LogP contribution in [-0.4, -0.2) is 22.3 Å². The molecule has 1 aromatic heterocycles. The van der Waals surface area contributed by atoms with Crippen LogP contribution in [0.2, 0.25) is 0 Å². The van der Waals surface area contributed by atoms with Crippen LogP contribution >= 0.6 is 0 Å². The molecule has 0 aliphatic carbocycles. The standard InChI is InChI=1S/C15H16N2O/c1-11-2-4-12(5-3-11)15(18)17-9-7-14-13(10-17)6-8-16-14/h2-6,8,16H,7,9-10H2,1H3. The Labute approximate surface area is 106 Å². The van der Waals surface area contributed by atoms with Crippen molar-refractivity contribution in [1.82, 2.24) is 9.88 Å². The molecule has 0 saturated carbocycles.